The summed E-state index contributed by atoms with van der Waals surface area (Å²) in [6.07, 6.45) is 0.573. The molecule has 1 heterocycles. The van der Waals surface area contributed by atoms with Crippen molar-refractivity contribution in [2.45, 2.75) is 24.8 Å². The lowest BCUT2D eigenvalue weighted by molar-refractivity contribution is 0.414. The Morgan fingerprint density at radius 2 is 1.85 bits per heavy atom. The first-order valence-electron chi connectivity index (χ1n) is 8.59. The maximum absolute atomic E-state index is 12.8. The fraction of sp³-hybridized carbons (Fsp3) is 0.316. The van der Waals surface area contributed by atoms with E-state index in [1.807, 2.05) is 31.2 Å². The van der Waals surface area contributed by atoms with Gasteiger partial charge in [-0.25, -0.2) is 17.5 Å². The molecule has 0 spiro atoms. The van der Waals surface area contributed by atoms with Gasteiger partial charge in [-0.2, -0.15) is 0 Å². The van der Waals surface area contributed by atoms with Crippen LogP contribution in [0.5, 0.6) is 5.75 Å². The molecule has 0 unspecified atom stereocenters. The van der Waals surface area contributed by atoms with Gasteiger partial charge in [0.05, 0.1) is 17.5 Å². The summed E-state index contributed by atoms with van der Waals surface area (Å²) in [7, 11) is -0.548. The summed E-state index contributed by atoms with van der Waals surface area (Å²) in [5, 5.41) is 0. The van der Waals surface area contributed by atoms with E-state index in [0.29, 0.717) is 25.0 Å². The second kappa shape index (κ2) is 7.58. The van der Waals surface area contributed by atoms with Crippen LogP contribution in [0.3, 0.4) is 0 Å². The van der Waals surface area contributed by atoms with Crippen LogP contribution in [0, 0.1) is 0 Å². The highest BCUT2D eigenvalue weighted by molar-refractivity contribution is 7.89. The van der Waals surface area contributed by atoms with Gasteiger partial charge in [0, 0.05) is 26.2 Å². The van der Waals surface area contributed by atoms with Crippen LogP contribution in [0.4, 0.5) is 0 Å². The lowest BCUT2D eigenvalue weighted by Gasteiger charge is -2.17. The second-order valence-electron chi connectivity index (χ2n) is 6.17. The number of aryl methyl sites for hydroxylation is 1. The summed E-state index contributed by atoms with van der Waals surface area (Å²) in [6, 6.07) is 12.0. The van der Waals surface area contributed by atoms with E-state index in [9.17, 15) is 13.2 Å². The second-order valence-corrected chi connectivity index (χ2v) is 8.21. The third-order valence-electron chi connectivity index (χ3n) is 4.54. The van der Waals surface area contributed by atoms with Crippen LogP contribution in [0.25, 0.3) is 11.1 Å². The number of methoxy groups -OCH3 is 1. The van der Waals surface area contributed by atoms with Gasteiger partial charge in [0.1, 0.15) is 5.75 Å². The summed E-state index contributed by atoms with van der Waals surface area (Å²) >= 11 is 0. The van der Waals surface area contributed by atoms with Crippen LogP contribution < -0.4 is 10.5 Å². The normalized spacial score (nSPS) is 12.0. The molecule has 0 atom stereocenters. The van der Waals surface area contributed by atoms with Gasteiger partial charge in [-0.1, -0.05) is 12.1 Å². The Kier molecular flexibility index (Phi) is 5.38. The van der Waals surface area contributed by atoms with Gasteiger partial charge >= 0.3 is 5.76 Å². The molecular formula is C19H22N2O5S. The Bertz CT molecular complexity index is 1100. The van der Waals surface area contributed by atoms with Crippen LogP contribution in [-0.4, -0.2) is 38.0 Å². The Hall–Kier alpha value is -2.58. The van der Waals surface area contributed by atoms with Crippen LogP contribution in [-0.2, 0) is 23.0 Å². The summed E-state index contributed by atoms with van der Waals surface area (Å²) in [5.41, 5.74) is 1.87. The zero-order valence-electron chi connectivity index (χ0n) is 15.5. The van der Waals surface area contributed by atoms with Gasteiger partial charge in [-0.15, -0.1) is 0 Å². The van der Waals surface area contributed by atoms with Crippen LogP contribution in [0.1, 0.15) is 12.5 Å². The highest BCUT2D eigenvalue weighted by atomic mass is 32.2. The van der Waals surface area contributed by atoms with E-state index in [4.69, 9.17) is 9.15 Å². The number of rotatable bonds is 7. The molecule has 0 aliphatic heterocycles. The summed E-state index contributed by atoms with van der Waals surface area (Å²) in [4.78, 5) is 11.9. The van der Waals surface area contributed by atoms with Crippen molar-refractivity contribution in [3.8, 4) is 5.75 Å². The molecule has 0 amide bonds. The predicted octanol–water partition coefficient (Wildman–Crippen LogP) is 2.49. The first-order chi connectivity index (χ1) is 12.9. The molecule has 1 aromatic heterocycles. The number of oxazole rings is 1. The van der Waals surface area contributed by atoms with Crippen LogP contribution in [0.2, 0.25) is 0 Å². The molecule has 0 saturated carbocycles. The van der Waals surface area contributed by atoms with Crippen molar-refractivity contribution in [3.05, 3.63) is 58.6 Å². The number of fused-ring (bicyclic) bond motifs is 1. The zero-order chi connectivity index (χ0) is 19.6. The zero-order valence-corrected chi connectivity index (χ0v) is 16.3. The highest BCUT2D eigenvalue weighted by Crippen LogP contribution is 2.21. The SMILES string of the molecule is CCn1c(=O)oc2cc(S(=O)(=O)N(C)CCc3ccc(OC)cc3)ccc21. The highest BCUT2D eigenvalue weighted by Gasteiger charge is 2.22. The Balaban J connectivity index is 1.80. The topological polar surface area (TPSA) is 81.8 Å². The molecule has 0 radical (unpaired) electrons. The molecule has 8 heteroatoms. The van der Waals surface area contributed by atoms with Crippen LogP contribution in [0.15, 0.2) is 56.6 Å². The molecule has 2 aromatic carbocycles. The van der Waals surface area contributed by atoms with E-state index in [0.717, 1.165) is 11.3 Å². The van der Waals surface area contributed by atoms with Gasteiger partial charge in [-0.05, 0) is 43.2 Å². The lowest BCUT2D eigenvalue weighted by atomic mass is 10.1. The largest absolute Gasteiger partial charge is 0.497 e. The lowest BCUT2D eigenvalue weighted by Crippen LogP contribution is -2.29. The van der Waals surface area contributed by atoms with E-state index < -0.39 is 15.8 Å². The first-order valence-corrected chi connectivity index (χ1v) is 10.0. The average Bonchev–Trinajstić information content (AvgIpc) is 3.00. The van der Waals surface area contributed by atoms with Gasteiger partial charge < -0.3 is 9.15 Å². The Morgan fingerprint density at radius 1 is 1.15 bits per heavy atom. The number of benzene rings is 2. The van der Waals surface area contributed by atoms with Gasteiger partial charge in [-0.3, -0.25) is 4.57 Å². The summed E-state index contributed by atoms with van der Waals surface area (Å²) in [5.74, 6) is 0.267. The van der Waals surface area contributed by atoms with Crippen molar-refractivity contribution in [2.75, 3.05) is 20.7 Å². The fourth-order valence-electron chi connectivity index (χ4n) is 2.89. The molecule has 0 saturated heterocycles. The van der Waals surface area contributed by atoms with E-state index >= 15 is 0 Å². The monoisotopic (exact) mass is 390 g/mol. The smallest absolute Gasteiger partial charge is 0.419 e. The van der Waals surface area contributed by atoms with Crippen molar-refractivity contribution in [1.82, 2.24) is 8.87 Å². The standard InChI is InChI=1S/C19H22N2O5S/c1-4-21-17-10-9-16(13-18(17)26-19(21)22)27(23,24)20(2)12-11-14-5-7-15(25-3)8-6-14/h5-10,13H,4,11-12H2,1-3H3. The van der Waals surface area contributed by atoms with Crippen molar-refractivity contribution in [3.63, 3.8) is 0 Å². The summed E-state index contributed by atoms with van der Waals surface area (Å²) < 4.78 is 38.7. The number of nitrogens with zero attached hydrogens (tertiary/aromatic N) is 2. The van der Waals surface area contributed by atoms with Crippen molar-refractivity contribution < 1.29 is 17.6 Å². The number of aromatic nitrogens is 1. The van der Waals surface area contributed by atoms with Gasteiger partial charge in [0.15, 0.2) is 5.58 Å². The number of sulfonamides is 1. The van der Waals surface area contributed by atoms with Crippen molar-refractivity contribution in [2.24, 2.45) is 0 Å². The van der Waals surface area contributed by atoms with E-state index in [-0.39, 0.29) is 10.5 Å². The third-order valence-corrected chi connectivity index (χ3v) is 6.39. The van der Waals surface area contributed by atoms with Gasteiger partial charge in [0.25, 0.3) is 0 Å². The van der Waals surface area contributed by atoms with E-state index in [1.165, 1.54) is 28.1 Å². The molecule has 0 aliphatic carbocycles. The molecule has 3 rings (SSSR count). The molecule has 27 heavy (non-hydrogen) atoms. The van der Waals surface area contributed by atoms with E-state index in [1.54, 1.807) is 13.2 Å². The predicted molar refractivity (Wildman–Crippen MR) is 103 cm³/mol. The molecule has 0 fully saturated rings. The minimum Gasteiger partial charge on any atom is -0.497 e. The number of hydrogen-bond acceptors (Lipinski definition) is 5. The number of likely N-dealkylation sites (N-methyl/N-ethyl adjacent to an activating group) is 1. The minimum atomic E-state index is -3.69. The van der Waals surface area contributed by atoms with Crippen LogP contribution >= 0.6 is 0 Å². The molecule has 7 nitrogen and oxygen atoms in total. The fourth-order valence-corrected chi connectivity index (χ4v) is 4.07. The molecule has 144 valence electrons. The molecular weight excluding hydrogens is 368 g/mol. The van der Waals surface area contributed by atoms with E-state index in [2.05, 4.69) is 0 Å². The Labute approximate surface area is 157 Å². The maximum Gasteiger partial charge on any atom is 0.419 e. The quantitative estimate of drug-likeness (QED) is 0.619. The van der Waals surface area contributed by atoms with Crippen molar-refractivity contribution in [1.29, 1.82) is 0 Å². The molecule has 0 N–H and O–H groups in total. The minimum absolute atomic E-state index is 0.101. The van der Waals surface area contributed by atoms with Gasteiger partial charge in [0.2, 0.25) is 10.0 Å². The third kappa shape index (κ3) is 3.77. The maximum atomic E-state index is 12.8. The molecule has 0 aliphatic rings. The Morgan fingerprint density at radius 3 is 2.48 bits per heavy atom. The van der Waals surface area contributed by atoms with Crippen molar-refractivity contribution >= 4 is 21.1 Å². The summed E-state index contributed by atoms with van der Waals surface area (Å²) in [6.45, 7) is 2.61. The molecule has 0 bridgehead atoms. The number of hydrogen-bond donors (Lipinski definition) is 0. The molecule has 3 aromatic rings. The number of ether oxygens (including phenoxy) is 1. The first kappa shape index (κ1) is 19.2. The average molecular weight is 390 g/mol.